The van der Waals surface area contributed by atoms with E-state index in [2.05, 4.69) is 31.5 Å². The molecular formula is C15H12BrFN4O. The predicted molar refractivity (Wildman–Crippen MR) is 85.9 cm³/mol. The summed E-state index contributed by atoms with van der Waals surface area (Å²) in [5, 5.41) is 14.6. The first kappa shape index (κ1) is 14.7. The average molecular weight is 363 g/mol. The number of aliphatic imine (C=N–C) groups is 1. The second kappa shape index (κ2) is 5.86. The zero-order valence-electron chi connectivity index (χ0n) is 11.6. The van der Waals surface area contributed by atoms with E-state index in [4.69, 9.17) is 0 Å². The van der Waals surface area contributed by atoms with Crippen LogP contribution >= 0.6 is 15.9 Å². The van der Waals surface area contributed by atoms with Crippen molar-refractivity contribution in [1.29, 1.82) is 0 Å². The monoisotopic (exact) mass is 362 g/mol. The number of para-hydroxylation sites is 1. The molecule has 1 heterocycles. The molecule has 0 saturated heterocycles. The summed E-state index contributed by atoms with van der Waals surface area (Å²) in [5.41, 5.74) is 4.15. The first-order chi connectivity index (χ1) is 10.6. The molecule has 0 unspecified atom stereocenters. The SMILES string of the molecule is Cn1ncc2cccc(C(=Nc3ccc(F)c(Br)c3)NO)c21. The third-order valence-electron chi connectivity index (χ3n) is 3.27. The molecule has 5 nitrogen and oxygen atoms in total. The summed E-state index contributed by atoms with van der Waals surface area (Å²) in [7, 11) is 1.81. The van der Waals surface area contributed by atoms with Crippen LogP contribution in [0, 0.1) is 5.82 Å². The van der Waals surface area contributed by atoms with E-state index in [1.165, 1.54) is 18.2 Å². The van der Waals surface area contributed by atoms with E-state index < -0.39 is 0 Å². The molecule has 7 heteroatoms. The molecule has 2 aromatic carbocycles. The number of fused-ring (bicyclic) bond motifs is 1. The fraction of sp³-hybridized carbons (Fsp3) is 0.0667. The fourth-order valence-corrected chi connectivity index (χ4v) is 2.62. The van der Waals surface area contributed by atoms with E-state index in [1.807, 2.05) is 25.2 Å². The summed E-state index contributed by atoms with van der Waals surface area (Å²) in [6, 6.07) is 9.98. The number of hydroxylamine groups is 1. The molecule has 0 aliphatic rings. The Kier molecular flexibility index (Phi) is 3.91. The normalized spacial score (nSPS) is 11.9. The van der Waals surface area contributed by atoms with Crippen molar-refractivity contribution in [3.63, 3.8) is 0 Å². The molecule has 0 amide bonds. The highest BCUT2D eigenvalue weighted by Crippen LogP contribution is 2.24. The van der Waals surface area contributed by atoms with E-state index in [9.17, 15) is 9.60 Å². The summed E-state index contributed by atoms with van der Waals surface area (Å²) in [6.45, 7) is 0. The van der Waals surface area contributed by atoms with Gasteiger partial charge in [-0.2, -0.15) is 5.10 Å². The molecule has 2 N–H and O–H groups in total. The summed E-state index contributed by atoms with van der Waals surface area (Å²) < 4.78 is 15.3. The minimum atomic E-state index is -0.369. The number of hydrogen-bond acceptors (Lipinski definition) is 3. The molecule has 1 aromatic heterocycles. The number of halogens is 2. The second-order valence-corrected chi connectivity index (χ2v) is 5.54. The fourth-order valence-electron chi connectivity index (χ4n) is 2.25. The smallest absolute Gasteiger partial charge is 0.159 e. The maximum atomic E-state index is 13.3. The maximum Gasteiger partial charge on any atom is 0.159 e. The minimum absolute atomic E-state index is 0.257. The van der Waals surface area contributed by atoms with Crippen LogP contribution in [0.25, 0.3) is 10.9 Å². The Balaban J connectivity index is 2.15. The van der Waals surface area contributed by atoms with Crippen LogP contribution in [0.3, 0.4) is 0 Å². The van der Waals surface area contributed by atoms with Crippen LogP contribution in [-0.4, -0.2) is 20.8 Å². The van der Waals surface area contributed by atoms with Crippen molar-refractivity contribution in [3.05, 3.63) is 58.4 Å². The Labute approximate surface area is 134 Å². The number of hydrogen-bond donors (Lipinski definition) is 2. The Morgan fingerprint density at radius 2 is 2.18 bits per heavy atom. The predicted octanol–water partition coefficient (Wildman–Crippen LogP) is 3.53. The lowest BCUT2D eigenvalue weighted by atomic mass is 10.1. The number of rotatable bonds is 2. The summed E-state index contributed by atoms with van der Waals surface area (Å²) in [5.74, 6) is -0.112. The molecule has 0 saturated carbocycles. The number of benzene rings is 2. The van der Waals surface area contributed by atoms with E-state index >= 15 is 0 Å². The molecule has 0 radical (unpaired) electrons. The summed E-state index contributed by atoms with van der Waals surface area (Å²) in [6.07, 6.45) is 1.74. The highest BCUT2D eigenvalue weighted by Gasteiger charge is 2.11. The Morgan fingerprint density at radius 1 is 1.36 bits per heavy atom. The molecule has 0 aliphatic carbocycles. The van der Waals surface area contributed by atoms with Crippen LogP contribution in [-0.2, 0) is 7.05 Å². The maximum absolute atomic E-state index is 13.3. The molecule has 0 fully saturated rings. The van der Waals surface area contributed by atoms with Gasteiger partial charge in [-0.3, -0.25) is 15.4 Å². The number of nitrogens with one attached hydrogen (secondary N) is 1. The standard InChI is InChI=1S/C15H12BrFN4O/c1-21-14-9(8-18-21)3-2-4-11(14)15(20-22)19-10-5-6-13(17)12(16)7-10/h2-8,22H,1H3,(H,19,20). The molecule has 3 aromatic rings. The zero-order valence-corrected chi connectivity index (χ0v) is 13.2. The Bertz CT molecular complexity index is 875. The van der Waals surface area contributed by atoms with Crippen LogP contribution in [0.1, 0.15) is 5.56 Å². The van der Waals surface area contributed by atoms with Crippen molar-refractivity contribution in [2.75, 3.05) is 0 Å². The topological polar surface area (TPSA) is 62.4 Å². The Morgan fingerprint density at radius 3 is 2.91 bits per heavy atom. The molecule has 22 heavy (non-hydrogen) atoms. The highest BCUT2D eigenvalue weighted by molar-refractivity contribution is 9.10. The van der Waals surface area contributed by atoms with Gasteiger partial charge in [-0.1, -0.05) is 12.1 Å². The van der Waals surface area contributed by atoms with Crippen molar-refractivity contribution in [3.8, 4) is 0 Å². The van der Waals surface area contributed by atoms with Gasteiger partial charge in [-0.25, -0.2) is 9.38 Å². The van der Waals surface area contributed by atoms with Gasteiger partial charge in [0, 0.05) is 18.0 Å². The van der Waals surface area contributed by atoms with Gasteiger partial charge in [0.2, 0.25) is 0 Å². The van der Waals surface area contributed by atoms with Crippen LogP contribution < -0.4 is 5.48 Å². The lowest BCUT2D eigenvalue weighted by Gasteiger charge is -2.08. The van der Waals surface area contributed by atoms with Crippen molar-refractivity contribution >= 4 is 38.4 Å². The molecule has 3 rings (SSSR count). The van der Waals surface area contributed by atoms with Gasteiger partial charge in [0.05, 0.1) is 21.9 Å². The zero-order chi connectivity index (χ0) is 15.7. The van der Waals surface area contributed by atoms with Gasteiger partial charge in [0.1, 0.15) is 5.82 Å². The van der Waals surface area contributed by atoms with E-state index in [-0.39, 0.29) is 11.7 Å². The van der Waals surface area contributed by atoms with Gasteiger partial charge in [0.25, 0.3) is 0 Å². The van der Waals surface area contributed by atoms with Gasteiger partial charge in [0.15, 0.2) is 5.84 Å². The lowest BCUT2D eigenvalue weighted by Crippen LogP contribution is -2.21. The van der Waals surface area contributed by atoms with Gasteiger partial charge in [-0.15, -0.1) is 0 Å². The van der Waals surface area contributed by atoms with Gasteiger partial charge < -0.3 is 0 Å². The highest BCUT2D eigenvalue weighted by atomic mass is 79.9. The third-order valence-corrected chi connectivity index (χ3v) is 3.87. The minimum Gasteiger partial charge on any atom is -0.290 e. The van der Waals surface area contributed by atoms with Crippen LogP contribution in [0.2, 0.25) is 0 Å². The lowest BCUT2D eigenvalue weighted by molar-refractivity contribution is 0.235. The van der Waals surface area contributed by atoms with Crippen molar-refractivity contribution in [1.82, 2.24) is 15.3 Å². The number of aryl methyl sites for hydroxylation is 1. The molecule has 0 spiro atoms. The van der Waals surface area contributed by atoms with E-state index in [1.54, 1.807) is 10.9 Å². The second-order valence-electron chi connectivity index (χ2n) is 4.68. The van der Waals surface area contributed by atoms with Crippen LogP contribution in [0.5, 0.6) is 0 Å². The summed E-state index contributed by atoms with van der Waals surface area (Å²) >= 11 is 3.12. The van der Waals surface area contributed by atoms with Gasteiger partial charge in [-0.05, 0) is 40.2 Å². The first-order valence-electron chi connectivity index (χ1n) is 6.45. The van der Waals surface area contributed by atoms with Crippen molar-refractivity contribution in [2.45, 2.75) is 0 Å². The number of nitrogens with zero attached hydrogens (tertiary/aromatic N) is 3. The number of aromatic nitrogens is 2. The van der Waals surface area contributed by atoms with Crippen LogP contribution in [0.15, 0.2) is 52.1 Å². The van der Waals surface area contributed by atoms with E-state index in [0.29, 0.717) is 15.7 Å². The molecule has 112 valence electrons. The van der Waals surface area contributed by atoms with E-state index in [0.717, 1.165) is 10.9 Å². The molecule has 0 atom stereocenters. The Hall–Kier alpha value is -2.25. The summed E-state index contributed by atoms with van der Waals surface area (Å²) in [4.78, 5) is 4.34. The number of amidine groups is 1. The largest absolute Gasteiger partial charge is 0.290 e. The first-order valence-corrected chi connectivity index (χ1v) is 7.24. The van der Waals surface area contributed by atoms with Crippen LogP contribution in [0.4, 0.5) is 10.1 Å². The van der Waals surface area contributed by atoms with Gasteiger partial charge >= 0.3 is 0 Å². The molecule has 0 aliphatic heterocycles. The van der Waals surface area contributed by atoms with Crippen molar-refractivity contribution < 1.29 is 9.60 Å². The molecular weight excluding hydrogens is 351 g/mol. The quantitative estimate of drug-likeness (QED) is 0.416. The average Bonchev–Trinajstić information content (AvgIpc) is 2.90. The molecule has 0 bridgehead atoms. The third kappa shape index (κ3) is 2.60. The van der Waals surface area contributed by atoms with Crippen molar-refractivity contribution in [2.24, 2.45) is 12.0 Å².